The lowest BCUT2D eigenvalue weighted by molar-refractivity contribution is -0.359. The highest BCUT2D eigenvalue weighted by atomic mass is 16.7. The summed E-state index contributed by atoms with van der Waals surface area (Å²) in [6.45, 7) is 2.78. The molecule has 9 N–H and O–H groups in total. The van der Waals surface area contributed by atoms with Crippen LogP contribution < -0.4 is 5.32 Å². The van der Waals surface area contributed by atoms with Gasteiger partial charge in [-0.2, -0.15) is 0 Å². The van der Waals surface area contributed by atoms with Gasteiger partial charge in [0.25, 0.3) is 0 Å². The van der Waals surface area contributed by atoms with Crippen molar-refractivity contribution in [1.82, 2.24) is 5.32 Å². The van der Waals surface area contributed by atoms with Crippen molar-refractivity contribution >= 4 is 5.91 Å². The van der Waals surface area contributed by atoms with Gasteiger partial charge in [-0.25, -0.2) is 0 Å². The van der Waals surface area contributed by atoms with Gasteiger partial charge in [-0.3, -0.25) is 4.79 Å². The third-order valence-corrected chi connectivity index (χ3v) is 17.3. The van der Waals surface area contributed by atoms with E-state index in [4.69, 9.17) is 18.9 Å². The van der Waals surface area contributed by atoms with Crippen LogP contribution in [0.2, 0.25) is 0 Å². The largest absolute Gasteiger partial charge is 0.394 e. The zero-order valence-electron chi connectivity index (χ0n) is 53.7. The number of carbonyl (C=O) groups is 1. The molecule has 0 bridgehead atoms. The SMILES string of the molecule is CCCCCC/C=C/CC/C=C/CC/C=C/C(O)C(COC1OC(CO)C(OC2OC(CO)C(O)C(O)C2O)C(O)C1O)NC(=O)CCCCCCCCCCCCCCCCCCCCCCCCCCCCCCCCCCCCCC. The van der Waals surface area contributed by atoms with Crippen LogP contribution >= 0.6 is 0 Å². The number of hydrogen-bond donors (Lipinski definition) is 9. The molecule has 14 heteroatoms. The van der Waals surface area contributed by atoms with E-state index in [0.717, 1.165) is 44.9 Å². The van der Waals surface area contributed by atoms with E-state index in [-0.39, 0.29) is 18.9 Å². The number of unbranched alkanes of at least 4 members (excludes halogenated alkanes) is 41. The number of hydrogen-bond acceptors (Lipinski definition) is 13. The topological polar surface area (TPSA) is 228 Å². The van der Waals surface area contributed by atoms with Gasteiger partial charge in [0.15, 0.2) is 12.6 Å². The highest BCUT2D eigenvalue weighted by Crippen LogP contribution is 2.30. The molecule has 2 heterocycles. The molecule has 1 amide bonds. The normalized spacial score (nSPS) is 23.8. The van der Waals surface area contributed by atoms with Crippen molar-refractivity contribution in [3.63, 3.8) is 0 Å². The second kappa shape index (κ2) is 55.3. The Hall–Kier alpha value is -1.79. The number of ether oxygens (including phenoxy) is 4. The van der Waals surface area contributed by atoms with Gasteiger partial charge in [-0.05, 0) is 44.9 Å². The maximum absolute atomic E-state index is 13.3. The number of allylic oxidation sites excluding steroid dienone is 5. The highest BCUT2D eigenvalue weighted by molar-refractivity contribution is 5.76. The van der Waals surface area contributed by atoms with Crippen molar-refractivity contribution in [2.45, 2.75) is 383 Å². The van der Waals surface area contributed by atoms with E-state index in [2.05, 4.69) is 43.5 Å². The van der Waals surface area contributed by atoms with Gasteiger partial charge in [0.1, 0.15) is 48.8 Å². The minimum atomic E-state index is -1.79. The molecule has 2 aliphatic rings. The molecule has 494 valence electrons. The fourth-order valence-electron chi connectivity index (χ4n) is 11.7. The molecule has 0 radical (unpaired) electrons. The summed E-state index contributed by atoms with van der Waals surface area (Å²) in [5.74, 6) is -0.249. The van der Waals surface area contributed by atoms with E-state index < -0.39 is 86.8 Å². The van der Waals surface area contributed by atoms with Crippen LogP contribution in [0.4, 0.5) is 0 Å². The van der Waals surface area contributed by atoms with Crippen LogP contribution in [0.1, 0.15) is 309 Å². The number of aliphatic hydroxyl groups is 8. The van der Waals surface area contributed by atoms with E-state index >= 15 is 0 Å². The van der Waals surface area contributed by atoms with Gasteiger partial charge in [-0.15, -0.1) is 0 Å². The Labute approximate surface area is 512 Å². The summed E-state index contributed by atoms with van der Waals surface area (Å²) in [5.41, 5.74) is 0. The fourth-order valence-corrected chi connectivity index (χ4v) is 11.7. The summed E-state index contributed by atoms with van der Waals surface area (Å²) in [6.07, 6.45) is 53.8. The van der Waals surface area contributed by atoms with Crippen molar-refractivity contribution in [2.75, 3.05) is 19.8 Å². The van der Waals surface area contributed by atoms with Crippen LogP contribution in [0, 0.1) is 0 Å². The molecular weight excluding hydrogens is 1060 g/mol. The van der Waals surface area contributed by atoms with Gasteiger partial charge in [0.2, 0.25) is 5.91 Å². The van der Waals surface area contributed by atoms with Crippen molar-refractivity contribution in [1.29, 1.82) is 0 Å². The minimum Gasteiger partial charge on any atom is -0.394 e. The Bertz CT molecular complexity index is 1550. The van der Waals surface area contributed by atoms with Gasteiger partial charge in [0, 0.05) is 6.42 Å². The lowest BCUT2D eigenvalue weighted by atomic mass is 9.97. The number of nitrogens with one attached hydrogen (secondary N) is 1. The average molecular weight is 1190 g/mol. The molecule has 12 unspecified atom stereocenters. The molecule has 12 atom stereocenters. The van der Waals surface area contributed by atoms with Crippen molar-refractivity contribution in [3.05, 3.63) is 36.5 Å². The second-order valence-corrected chi connectivity index (χ2v) is 25.0. The third kappa shape index (κ3) is 39.3. The molecular formula is C70H131NO13. The molecule has 0 aromatic rings. The van der Waals surface area contributed by atoms with Gasteiger partial charge < -0.3 is 65.1 Å². The Kier molecular flexibility index (Phi) is 51.5. The first kappa shape index (κ1) is 78.3. The third-order valence-electron chi connectivity index (χ3n) is 17.3. The van der Waals surface area contributed by atoms with Crippen molar-refractivity contribution in [3.8, 4) is 0 Å². The Morgan fingerprint density at radius 1 is 0.417 bits per heavy atom. The zero-order chi connectivity index (χ0) is 60.9. The van der Waals surface area contributed by atoms with E-state index in [1.807, 2.05) is 6.08 Å². The van der Waals surface area contributed by atoms with Crippen LogP contribution in [0.25, 0.3) is 0 Å². The summed E-state index contributed by atoms with van der Waals surface area (Å²) < 4.78 is 22.8. The molecule has 2 aliphatic heterocycles. The molecule has 0 spiro atoms. The molecule has 14 nitrogen and oxygen atoms in total. The van der Waals surface area contributed by atoms with E-state index in [1.165, 1.54) is 231 Å². The molecule has 0 aromatic heterocycles. The van der Waals surface area contributed by atoms with Gasteiger partial charge in [0.05, 0.1) is 32.0 Å². The molecule has 0 saturated carbocycles. The number of rotatable bonds is 58. The first-order valence-electron chi connectivity index (χ1n) is 35.2. The Morgan fingerprint density at radius 3 is 1.17 bits per heavy atom. The maximum Gasteiger partial charge on any atom is 0.220 e. The molecule has 2 saturated heterocycles. The Morgan fingerprint density at radius 2 is 0.762 bits per heavy atom. The lowest BCUT2D eigenvalue weighted by Gasteiger charge is -2.46. The number of aliphatic hydroxyl groups excluding tert-OH is 8. The van der Waals surface area contributed by atoms with Gasteiger partial charge in [-0.1, -0.05) is 294 Å². The highest BCUT2D eigenvalue weighted by Gasteiger charge is 2.51. The molecule has 2 rings (SSSR count). The van der Waals surface area contributed by atoms with Crippen molar-refractivity contribution in [2.24, 2.45) is 0 Å². The molecule has 0 aliphatic carbocycles. The minimum absolute atomic E-state index is 0.249. The summed E-state index contributed by atoms with van der Waals surface area (Å²) in [6, 6.07) is -0.936. The number of carbonyl (C=O) groups excluding carboxylic acids is 1. The monoisotopic (exact) mass is 1190 g/mol. The van der Waals surface area contributed by atoms with E-state index in [1.54, 1.807) is 6.08 Å². The van der Waals surface area contributed by atoms with Crippen LogP contribution in [0.15, 0.2) is 36.5 Å². The summed E-state index contributed by atoms with van der Waals surface area (Å²) in [7, 11) is 0. The van der Waals surface area contributed by atoms with E-state index in [9.17, 15) is 45.6 Å². The fraction of sp³-hybridized carbons (Fsp3) is 0.900. The smallest absolute Gasteiger partial charge is 0.220 e. The summed E-state index contributed by atoms with van der Waals surface area (Å²) in [5, 5.41) is 87.2. The van der Waals surface area contributed by atoms with Crippen LogP contribution in [-0.2, 0) is 23.7 Å². The predicted octanol–water partition coefficient (Wildman–Crippen LogP) is 14.1. The molecule has 0 aromatic carbocycles. The standard InChI is InChI=1S/C70H131NO13/c1-3-5-7-9-11-13-15-17-19-20-21-22-23-24-25-26-27-28-29-30-31-32-33-34-35-36-37-38-39-40-42-44-46-48-50-52-54-62(75)71-58(59(74)53-51-49-47-45-43-41-18-16-14-12-10-8-6-4-2)57-81-69-67(80)65(78)68(61(56-73)83-69)84-70-66(79)64(77)63(76)60(55-72)82-70/h14,16,43,45,51,53,58-61,63-70,72-74,76-80H,3-13,15,17-42,44,46-50,52,54-57H2,1-2H3,(H,71,75)/b16-14+,45-43+,53-51+. The van der Waals surface area contributed by atoms with E-state index in [0.29, 0.717) is 12.8 Å². The van der Waals surface area contributed by atoms with Crippen LogP contribution in [0.5, 0.6) is 0 Å². The summed E-state index contributed by atoms with van der Waals surface area (Å²) in [4.78, 5) is 13.3. The average Bonchev–Trinajstić information content (AvgIpc) is 3.58. The number of amides is 1. The lowest BCUT2D eigenvalue weighted by Crippen LogP contribution is -2.65. The second-order valence-electron chi connectivity index (χ2n) is 25.0. The predicted molar refractivity (Wildman–Crippen MR) is 341 cm³/mol. The first-order chi connectivity index (χ1) is 41.1. The first-order valence-corrected chi connectivity index (χ1v) is 35.2. The van der Waals surface area contributed by atoms with Crippen LogP contribution in [0.3, 0.4) is 0 Å². The van der Waals surface area contributed by atoms with Gasteiger partial charge >= 0.3 is 0 Å². The Balaban J connectivity index is 1.58. The maximum atomic E-state index is 13.3. The zero-order valence-corrected chi connectivity index (χ0v) is 53.7. The quantitative estimate of drug-likeness (QED) is 0.0204. The van der Waals surface area contributed by atoms with Crippen LogP contribution in [-0.4, -0.2) is 140 Å². The molecule has 84 heavy (non-hydrogen) atoms. The molecule has 2 fully saturated rings. The summed E-state index contributed by atoms with van der Waals surface area (Å²) >= 11 is 0. The van der Waals surface area contributed by atoms with Crippen molar-refractivity contribution < 1.29 is 64.6 Å².